The molecule has 0 atom stereocenters. The Hall–Kier alpha value is -1.88. The van der Waals surface area contributed by atoms with E-state index >= 15 is 0 Å². The number of nitro groups is 1. The molecule has 1 aromatic carbocycles. The topological polar surface area (TPSA) is 83.8 Å². The average Bonchev–Trinajstić information content (AvgIpc) is 2.60. The number of rotatable bonds is 3. The van der Waals surface area contributed by atoms with Crippen LogP contribution >= 0.6 is 0 Å². The molecule has 7 nitrogen and oxygen atoms in total. The molecule has 0 aromatic heterocycles. The molecule has 27 heavy (non-hydrogen) atoms. The van der Waals surface area contributed by atoms with E-state index in [1.165, 1.54) is 0 Å². The van der Waals surface area contributed by atoms with Gasteiger partial charge < -0.3 is 4.90 Å². The molecule has 2 fully saturated rings. The zero-order valence-electron chi connectivity index (χ0n) is 14.5. The Kier molecular flexibility index (Phi) is 5.35. The Morgan fingerprint density at radius 1 is 1.07 bits per heavy atom. The molecule has 3 rings (SSSR count). The number of sulfone groups is 1. The molecule has 0 bridgehead atoms. The van der Waals surface area contributed by atoms with Gasteiger partial charge in [-0.3, -0.25) is 15.0 Å². The third-order valence-electron chi connectivity index (χ3n) is 5.20. The molecule has 2 aliphatic heterocycles. The minimum Gasteiger partial charge on any atom is -0.366 e. The van der Waals surface area contributed by atoms with Crippen molar-refractivity contribution in [3.63, 3.8) is 0 Å². The van der Waals surface area contributed by atoms with Crippen molar-refractivity contribution in [3.8, 4) is 0 Å². The highest BCUT2D eigenvalue weighted by Gasteiger charge is 2.35. The molecule has 2 saturated heterocycles. The number of nitrogens with zero attached hydrogens (tertiary/aromatic N) is 3. The van der Waals surface area contributed by atoms with Crippen molar-refractivity contribution in [1.82, 2.24) is 4.90 Å². The first-order valence-electron chi connectivity index (χ1n) is 8.62. The lowest BCUT2D eigenvalue weighted by Crippen LogP contribution is -2.50. The molecular formula is C16H20F3N3O4S. The molecule has 0 unspecified atom stereocenters. The summed E-state index contributed by atoms with van der Waals surface area (Å²) in [4.78, 5) is 14.3. The first kappa shape index (κ1) is 19.9. The van der Waals surface area contributed by atoms with Crippen LogP contribution in [0.5, 0.6) is 0 Å². The first-order chi connectivity index (χ1) is 12.6. The van der Waals surface area contributed by atoms with Crippen LogP contribution in [0.4, 0.5) is 24.5 Å². The molecule has 2 aliphatic rings. The maximum atomic E-state index is 12.8. The number of nitro benzene ring substituents is 1. The Bertz CT molecular complexity index is 807. The highest BCUT2D eigenvalue weighted by Crippen LogP contribution is 2.37. The lowest BCUT2D eigenvalue weighted by molar-refractivity contribution is -0.384. The highest BCUT2D eigenvalue weighted by molar-refractivity contribution is 7.91. The lowest BCUT2D eigenvalue weighted by atomic mass is 10.0. The van der Waals surface area contributed by atoms with E-state index < -0.39 is 32.2 Å². The third-order valence-corrected chi connectivity index (χ3v) is 6.81. The molecule has 1 aromatic rings. The second kappa shape index (κ2) is 7.27. The van der Waals surface area contributed by atoms with Crippen molar-refractivity contribution < 1.29 is 26.5 Å². The molecule has 0 saturated carbocycles. The summed E-state index contributed by atoms with van der Waals surface area (Å²) in [6.45, 7) is 1.90. The van der Waals surface area contributed by atoms with Gasteiger partial charge in [-0.25, -0.2) is 8.42 Å². The van der Waals surface area contributed by atoms with Gasteiger partial charge in [0.1, 0.15) is 5.69 Å². The van der Waals surface area contributed by atoms with Crippen LogP contribution in [0.25, 0.3) is 0 Å². The number of halogens is 3. The minimum absolute atomic E-state index is 0.136. The van der Waals surface area contributed by atoms with Gasteiger partial charge in [-0.1, -0.05) is 0 Å². The van der Waals surface area contributed by atoms with E-state index in [-0.39, 0.29) is 23.2 Å². The molecular weight excluding hydrogens is 387 g/mol. The van der Waals surface area contributed by atoms with E-state index in [4.69, 9.17) is 0 Å². The normalized spacial score (nSPS) is 22.0. The summed E-state index contributed by atoms with van der Waals surface area (Å²) < 4.78 is 61.6. The van der Waals surface area contributed by atoms with Gasteiger partial charge in [0, 0.05) is 38.3 Å². The Balaban J connectivity index is 1.70. The molecule has 0 amide bonds. The van der Waals surface area contributed by atoms with Gasteiger partial charge >= 0.3 is 6.18 Å². The molecule has 0 spiro atoms. The zero-order chi connectivity index (χ0) is 19.8. The van der Waals surface area contributed by atoms with Crippen molar-refractivity contribution in [2.75, 3.05) is 42.6 Å². The average molecular weight is 407 g/mol. The van der Waals surface area contributed by atoms with Gasteiger partial charge in [0.25, 0.3) is 5.69 Å². The monoisotopic (exact) mass is 407 g/mol. The van der Waals surface area contributed by atoms with Gasteiger partial charge in [0.05, 0.1) is 22.0 Å². The highest BCUT2D eigenvalue weighted by atomic mass is 32.2. The van der Waals surface area contributed by atoms with E-state index in [0.717, 1.165) is 12.1 Å². The number of piperidine rings is 1. The zero-order valence-corrected chi connectivity index (χ0v) is 15.3. The van der Waals surface area contributed by atoms with Crippen LogP contribution in [-0.2, 0) is 16.0 Å². The predicted octanol–water partition coefficient (Wildman–Crippen LogP) is 2.31. The fourth-order valence-corrected chi connectivity index (χ4v) is 4.91. The summed E-state index contributed by atoms with van der Waals surface area (Å²) in [6, 6.07) is 2.79. The van der Waals surface area contributed by atoms with Crippen molar-refractivity contribution in [1.29, 1.82) is 0 Å². The van der Waals surface area contributed by atoms with Gasteiger partial charge in [-0.05, 0) is 25.0 Å². The Labute approximate surface area is 154 Å². The SMILES string of the molecule is O=[N+]([O-])c1cc(C(F)(F)F)ccc1N1CCC(N2CCS(=O)(=O)CC2)CC1. The van der Waals surface area contributed by atoms with Gasteiger partial charge in [-0.2, -0.15) is 13.2 Å². The van der Waals surface area contributed by atoms with Crippen molar-refractivity contribution >= 4 is 21.2 Å². The molecule has 2 heterocycles. The first-order valence-corrected chi connectivity index (χ1v) is 10.4. The molecule has 0 radical (unpaired) electrons. The van der Waals surface area contributed by atoms with E-state index in [1.54, 1.807) is 4.90 Å². The predicted molar refractivity (Wildman–Crippen MR) is 93.6 cm³/mol. The summed E-state index contributed by atoms with van der Waals surface area (Å²) in [5.41, 5.74) is -1.40. The summed E-state index contributed by atoms with van der Waals surface area (Å²) in [5.74, 6) is 0.273. The van der Waals surface area contributed by atoms with Crippen LogP contribution in [0, 0.1) is 10.1 Å². The van der Waals surface area contributed by atoms with Crippen LogP contribution in [-0.4, -0.2) is 62.0 Å². The third kappa shape index (κ3) is 4.52. The van der Waals surface area contributed by atoms with Crippen molar-refractivity contribution in [3.05, 3.63) is 33.9 Å². The lowest BCUT2D eigenvalue weighted by Gasteiger charge is -2.40. The standard InChI is InChI=1S/C16H20F3N3O4S/c17-16(18,19)12-1-2-14(15(11-12)22(23)24)21-5-3-13(4-6-21)20-7-9-27(25,26)10-8-20/h1-2,11,13H,3-10H2. The Morgan fingerprint density at radius 3 is 2.19 bits per heavy atom. The summed E-state index contributed by atoms with van der Waals surface area (Å²) >= 11 is 0. The van der Waals surface area contributed by atoms with Crippen LogP contribution in [0.2, 0.25) is 0 Å². The summed E-state index contributed by atoms with van der Waals surface area (Å²) in [5, 5.41) is 11.3. The maximum Gasteiger partial charge on any atom is 0.416 e. The second-order valence-electron chi connectivity index (χ2n) is 6.86. The molecule has 0 N–H and O–H groups in total. The number of anilines is 1. The van der Waals surface area contributed by atoms with E-state index in [9.17, 15) is 31.7 Å². The van der Waals surface area contributed by atoms with Crippen molar-refractivity contribution in [2.24, 2.45) is 0 Å². The molecule has 150 valence electrons. The smallest absolute Gasteiger partial charge is 0.366 e. The van der Waals surface area contributed by atoms with Gasteiger partial charge in [0.15, 0.2) is 9.84 Å². The number of hydrogen-bond acceptors (Lipinski definition) is 6. The van der Waals surface area contributed by atoms with E-state index in [1.807, 2.05) is 0 Å². The number of hydrogen-bond donors (Lipinski definition) is 0. The van der Waals surface area contributed by atoms with E-state index in [0.29, 0.717) is 45.1 Å². The maximum absolute atomic E-state index is 12.8. The van der Waals surface area contributed by atoms with E-state index in [2.05, 4.69) is 4.90 Å². The fourth-order valence-electron chi connectivity index (χ4n) is 3.68. The Morgan fingerprint density at radius 2 is 1.67 bits per heavy atom. The summed E-state index contributed by atoms with van der Waals surface area (Å²) in [6.07, 6.45) is -3.28. The summed E-state index contributed by atoms with van der Waals surface area (Å²) in [7, 11) is -2.96. The van der Waals surface area contributed by atoms with Gasteiger partial charge in [0.2, 0.25) is 0 Å². The molecule has 0 aliphatic carbocycles. The van der Waals surface area contributed by atoms with Crippen molar-refractivity contribution in [2.45, 2.75) is 25.1 Å². The van der Waals surface area contributed by atoms with Crippen LogP contribution in [0.3, 0.4) is 0 Å². The quantitative estimate of drug-likeness (QED) is 0.565. The number of alkyl halides is 3. The fraction of sp³-hybridized carbons (Fsp3) is 0.625. The van der Waals surface area contributed by atoms with Crippen LogP contribution < -0.4 is 4.90 Å². The largest absolute Gasteiger partial charge is 0.416 e. The van der Waals surface area contributed by atoms with Gasteiger partial charge in [-0.15, -0.1) is 0 Å². The minimum atomic E-state index is -4.63. The van der Waals surface area contributed by atoms with Crippen LogP contribution in [0.1, 0.15) is 18.4 Å². The number of benzene rings is 1. The second-order valence-corrected chi connectivity index (χ2v) is 9.17. The van der Waals surface area contributed by atoms with Crippen LogP contribution in [0.15, 0.2) is 18.2 Å². The molecule has 11 heteroatoms.